The van der Waals surface area contributed by atoms with Crippen LogP contribution in [0, 0.1) is 12.3 Å². The van der Waals surface area contributed by atoms with Crippen LogP contribution in [0.15, 0.2) is 18.2 Å². The number of aryl methyl sites for hydroxylation is 1. The molecule has 0 aromatic heterocycles. The van der Waals surface area contributed by atoms with Crippen LogP contribution in [0.25, 0.3) is 0 Å². The van der Waals surface area contributed by atoms with Gasteiger partial charge >= 0.3 is 6.18 Å². The maximum absolute atomic E-state index is 12.8. The number of benzene rings is 1. The molecule has 1 aliphatic heterocycles. The van der Waals surface area contributed by atoms with Crippen LogP contribution in [0.4, 0.5) is 18.9 Å². The van der Waals surface area contributed by atoms with Crippen LogP contribution in [0.5, 0.6) is 0 Å². The molecule has 1 aliphatic rings. The van der Waals surface area contributed by atoms with Crippen molar-refractivity contribution in [2.45, 2.75) is 26.4 Å². The minimum absolute atomic E-state index is 0.143. The van der Waals surface area contributed by atoms with E-state index >= 15 is 0 Å². The number of amides is 1. The molecule has 0 spiro atoms. The Morgan fingerprint density at radius 2 is 2.10 bits per heavy atom. The number of anilines is 1. The van der Waals surface area contributed by atoms with E-state index in [1.807, 2.05) is 0 Å². The van der Waals surface area contributed by atoms with E-state index in [2.05, 4.69) is 10.6 Å². The highest BCUT2D eigenvalue weighted by atomic mass is 19.4. The SMILES string of the molecule is Cc1ccc(NC(=O)C2(C)CCNC2)cc1C(F)(F)F. The van der Waals surface area contributed by atoms with Gasteiger partial charge in [-0.1, -0.05) is 6.07 Å². The summed E-state index contributed by atoms with van der Waals surface area (Å²) in [5, 5.41) is 5.67. The Morgan fingerprint density at radius 3 is 2.65 bits per heavy atom. The average Bonchev–Trinajstić information content (AvgIpc) is 2.78. The minimum atomic E-state index is -4.41. The summed E-state index contributed by atoms with van der Waals surface area (Å²) in [4.78, 5) is 12.2. The van der Waals surface area contributed by atoms with E-state index in [-0.39, 0.29) is 17.2 Å². The van der Waals surface area contributed by atoms with E-state index in [0.29, 0.717) is 13.0 Å². The number of rotatable bonds is 2. The summed E-state index contributed by atoms with van der Waals surface area (Å²) in [7, 11) is 0. The molecule has 3 nitrogen and oxygen atoms in total. The van der Waals surface area contributed by atoms with E-state index in [9.17, 15) is 18.0 Å². The first-order chi connectivity index (χ1) is 9.22. The Hall–Kier alpha value is -1.56. The van der Waals surface area contributed by atoms with Gasteiger partial charge in [0.25, 0.3) is 0 Å². The van der Waals surface area contributed by atoms with Gasteiger partial charge in [-0.05, 0) is 44.5 Å². The molecule has 1 aromatic rings. The van der Waals surface area contributed by atoms with Crippen LogP contribution in [-0.4, -0.2) is 19.0 Å². The van der Waals surface area contributed by atoms with Crippen molar-refractivity contribution in [1.82, 2.24) is 5.32 Å². The normalized spacial score (nSPS) is 22.9. The molecule has 2 rings (SSSR count). The molecule has 1 atom stereocenters. The van der Waals surface area contributed by atoms with Crippen LogP contribution in [0.1, 0.15) is 24.5 Å². The maximum Gasteiger partial charge on any atom is 0.416 e. The summed E-state index contributed by atoms with van der Waals surface area (Å²) in [6.07, 6.45) is -3.74. The summed E-state index contributed by atoms with van der Waals surface area (Å²) in [6.45, 7) is 4.49. The first-order valence-electron chi connectivity index (χ1n) is 6.42. The number of alkyl halides is 3. The molecule has 1 saturated heterocycles. The number of hydrogen-bond donors (Lipinski definition) is 2. The first kappa shape index (κ1) is 14.8. The predicted molar refractivity (Wildman–Crippen MR) is 70.4 cm³/mol. The summed E-state index contributed by atoms with van der Waals surface area (Å²) in [5.41, 5.74) is -0.959. The lowest BCUT2D eigenvalue weighted by Crippen LogP contribution is -2.35. The van der Waals surface area contributed by atoms with Crippen molar-refractivity contribution >= 4 is 11.6 Å². The Bertz CT molecular complexity index is 520. The van der Waals surface area contributed by atoms with E-state index in [1.165, 1.54) is 19.1 Å². The van der Waals surface area contributed by atoms with Gasteiger partial charge in [0.15, 0.2) is 0 Å². The molecule has 110 valence electrons. The molecular weight excluding hydrogens is 269 g/mol. The summed E-state index contributed by atoms with van der Waals surface area (Å²) in [6, 6.07) is 3.85. The highest BCUT2D eigenvalue weighted by molar-refractivity contribution is 5.95. The van der Waals surface area contributed by atoms with E-state index < -0.39 is 17.2 Å². The topological polar surface area (TPSA) is 41.1 Å². The molecule has 1 unspecified atom stereocenters. The van der Waals surface area contributed by atoms with E-state index in [0.717, 1.165) is 12.6 Å². The predicted octanol–water partition coefficient (Wildman–Crippen LogP) is 2.95. The lowest BCUT2D eigenvalue weighted by Gasteiger charge is -2.22. The highest BCUT2D eigenvalue weighted by Gasteiger charge is 2.37. The molecule has 1 aromatic carbocycles. The first-order valence-corrected chi connectivity index (χ1v) is 6.42. The fourth-order valence-corrected chi connectivity index (χ4v) is 2.30. The molecule has 2 N–H and O–H groups in total. The zero-order valence-corrected chi connectivity index (χ0v) is 11.4. The smallest absolute Gasteiger partial charge is 0.326 e. The van der Waals surface area contributed by atoms with Gasteiger partial charge in [0.1, 0.15) is 0 Å². The van der Waals surface area contributed by atoms with Crippen LogP contribution < -0.4 is 10.6 Å². The molecule has 1 heterocycles. The lowest BCUT2D eigenvalue weighted by molar-refractivity contribution is -0.138. The largest absolute Gasteiger partial charge is 0.416 e. The molecule has 6 heteroatoms. The van der Waals surface area contributed by atoms with Gasteiger partial charge in [-0.2, -0.15) is 13.2 Å². The van der Waals surface area contributed by atoms with Crippen molar-refractivity contribution in [2.75, 3.05) is 18.4 Å². The minimum Gasteiger partial charge on any atom is -0.326 e. The number of nitrogens with one attached hydrogen (secondary N) is 2. The number of halogens is 3. The number of hydrogen-bond acceptors (Lipinski definition) is 2. The summed E-state index contributed by atoms with van der Waals surface area (Å²) < 4.78 is 38.5. The monoisotopic (exact) mass is 286 g/mol. The van der Waals surface area contributed by atoms with Gasteiger partial charge in [0.05, 0.1) is 11.0 Å². The Kier molecular flexibility index (Phi) is 3.77. The lowest BCUT2D eigenvalue weighted by atomic mass is 9.88. The molecule has 0 aliphatic carbocycles. The fourth-order valence-electron chi connectivity index (χ4n) is 2.30. The van der Waals surface area contributed by atoms with Crippen molar-refractivity contribution in [3.8, 4) is 0 Å². The maximum atomic E-state index is 12.8. The molecular formula is C14H17F3N2O. The third-order valence-corrected chi connectivity index (χ3v) is 3.72. The molecule has 1 amide bonds. The quantitative estimate of drug-likeness (QED) is 0.877. The third kappa shape index (κ3) is 2.95. The van der Waals surface area contributed by atoms with E-state index in [4.69, 9.17) is 0 Å². The average molecular weight is 286 g/mol. The molecule has 0 bridgehead atoms. The Labute approximate surface area is 115 Å². The summed E-state index contributed by atoms with van der Waals surface area (Å²) in [5.74, 6) is -0.250. The zero-order valence-electron chi connectivity index (χ0n) is 11.4. The fraction of sp³-hybridized carbons (Fsp3) is 0.500. The third-order valence-electron chi connectivity index (χ3n) is 3.72. The van der Waals surface area contributed by atoms with E-state index in [1.54, 1.807) is 6.92 Å². The van der Waals surface area contributed by atoms with Gasteiger partial charge in [-0.15, -0.1) is 0 Å². The standard InChI is InChI=1S/C14H17F3N2O/c1-9-3-4-10(7-11(9)14(15,16)17)19-12(20)13(2)5-6-18-8-13/h3-4,7,18H,5-6,8H2,1-2H3,(H,19,20). The number of carbonyl (C=O) groups is 1. The zero-order chi connectivity index (χ0) is 15.0. The molecule has 20 heavy (non-hydrogen) atoms. The van der Waals surface area contributed by atoms with Crippen molar-refractivity contribution in [3.63, 3.8) is 0 Å². The second-order valence-corrected chi connectivity index (χ2v) is 5.47. The van der Waals surface area contributed by atoms with Gasteiger partial charge in [-0.3, -0.25) is 4.79 Å². The second kappa shape index (κ2) is 5.09. The highest BCUT2D eigenvalue weighted by Crippen LogP contribution is 2.34. The van der Waals surface area contributed by atoms with Crippen LogP contribution in [0.2, 0.25) is 0 Å². The molecule has 1 fully saturated rings. The van der Waals surface area contributed by atoms with Crippen LogP contribution in [0.3, 0.4) is 0 Å². The van der Waals surface area contributed by atoms with Crippen LogP contribution in [-0.2, 0) is 11.0 Å². The van der Waals surface area contributed by atoms with Crippen molar-refractivity contribution in [1.29, 1.82) is 0 Å². The van der Waals surface area contributed by atoms with Gasteiger partial charge < -0.3 is 10.6 Å². The van der Waals surface area contributed by atoms with Crippen molar-refractivity contribution in [2.24, 2.45) is 5.41 Å². The summed E-state index contributed by atoms with van der Waals surface area (Å²) >= 11 is 0. The Morgan fingerprint density at radius 1 is 1.40 bits per heavy atom. The van der Waals surface area contributed by atoms with Gasteiger partial charge in [0, 0.05) is 12.2 Å². The van der Waals surface area contributed by atoms with Crippen molar-refractivity contribution in [3.05, 3.63) is 29.3 Å². The van der Waals surface area contributed by atoms with Gasteiger partial charge in [0.2, 0.25) is 5.91 Å². The molecule has 0 radical (unpaired) electrons. The Balaban J connectivity index is 2.20. The number of carbonyl (C=O) groups excluding carboxylic acids is 1. The van der Waals surface area contributed by atoms with Gasteiger partial charge in [-0.25, -0.2) is 0 Å². The van der Waals surface area contributed by atoms with Crippen LogP contribution >= 0.6 is 0 Å². The molecule has 0 saturated carbocycles. The van der Waals surface area contributed by atoms with Crippen molar-refractivity contribution < 1.29 is 18.0 Å². The second-order valence-electron chi connectivity index (χ2n) is 5.47.